The first kappa shape index (κ1) is 12.8. The summed E-state index contributed by atoms with van der Waals surface area (Å²) < 4.78 is 24.5. The molecule has 1 amide bonds. The maximum Gasteiger partial charge on any atom is 0.237 e. The molecule has 1 saturated heterocycles. The summed E-state index contributed by atoms with van der Waals surface area (Å²) in [6.45, 7) is 2.22. The highest BCUT2D eigenvalue weighted by molar-refractivity contribution is 7.89. The van der Waals surface area contributed by atoms with Gasteiger partial charge >= 0.3 is 0 Å². The molecule has 1 rings (SSSR count). The van der Waals surface area contributed by atoms with Crippen molar-refractivity contribution in [1.29, 1.82) is 0 Å². The van der Waals surface area contributed by atoms with E-state index in [2.05, 4.69) is 0 Å². The molecule has 0 N–H and O–H groups in total. The summed E-state index contributed by atoms with van der Waals surface area (Å²) in [6.07, 6.45) is 1.52. The summed E-state index contributed by atoms with van der Waals surface area (Å²) in [6, 6.07) is 0. The van der Waals surface area contributed by atoms with Crippen LogP contribution in [-0.2, 0) is 14.8 Å². The first-order valence-corrected chi connectivity index (χ1v) is 7.21. The topological polar surface area (TPSA) is 54.5 Å². The van der Waals surface area contributed by atoms with Crippen molar-refractivity contribution in [3.05, 3.63) is 0 Å². The number of unbranched alkanes of at least 4 members (excludes halogenated alkanes) is 1. The summed E-state index contributed by atoms with van der Waals surface area (Å²) in [7, 11) is -3.39. The number of hydrogen-bond acceptors (Lipinski definition) is 3. The first-order chi connectivity index (χ1) is 6.97. The van der Waals surface area contributed by atoms with E-state index in [1.54, 1.807) is 0 Å². The summed E-state index contributed by atoms with van der Waals surface area (Å²) in [4.78, 5) is 11.4. The molecule has 0 saturated carbocycles. The number of hydrogen-bond donors (Lipinski definition) is 0. The van der Waals surface area contributed by atoms with Gasteiger partial charge < -0.3 is 0 Å². The van der Waals surface area contributed by atoms with Crippen molar-refractivity contribution in [2.75, 3.05) is 18.2 Å². The highest BCUT2D eigenvalue weighted by Crippen LogP contribution is 2.21. The van der Waals surface area contributed by atoms with E-state index in [-0.39, 0.29) is 17.6 Å². The zero-order valence-electron chi connectivity index (χ0n) is 8.78. The Hall–Kier alpha value is -0.290. The SMILES string of the molecule is CC1CC(=O)N(S(=O)(=O)CCCCCl)C1. The lowest BCUT2D eigenvalue weighted by Gasteiger charge is -2.16. The van der Waals surface area contributed by atoms with E-state index in [0.717, 1.165) is 4.31 Å². The minimum atomic E-state index is -3.39. The Labute approximate surface area is 95.6 Å². The van der Waals surface area contributed by atoms with Crippen LogP contribution in [0.15, 0.2) is 0 Å². The van der Waals surface area contributed by atoms with Crippen molar-refractivity contribution in [3.63, 3.8) is 0 Å². The molecule has 6 heteroatoms. The molecule has 0 aromatic rings. The second-order valence-electron chi connectivity index (χ2n) is 3.95. The molecule has 1 fully saturated rings. The normalized spacial score (nSPS) is 22.4. The molecule has 4 nitrogen and oxygen atoms in total. The van der Waals surface area contributed by atoms with Gasteiger partial charge in [0.05, 0.1) is 5.75 Å². The van der Waals surface area contributed by atoms with Crippen molar-refractivity contribution < 1.29 is 13.2 Å². The average Bonchev–Trinajstić information content (AvgIpc) is 2.46. The van der Waals surface area contributed by atoms with Gasteiger partial charge in [0.25, 0.3) is 0 Å². The molecular formula is C9H16ClNO3S. The van der Waals surface area contributed by atoms with Crippen molar-refractivity contribution >= 4 is 27.5 Å². The zero-order valence-corrected chi connectivity index (χ0v) is 10.4. The molecule has 0 aliphatic carbocycles. The van der Waals surface area contributed by atoms with Gasteiger partial charge in [-0.2, -0.15) is 0 Å². The van der Waals surface area contributed by atoms with Gasteiger partial charge in [0.1, 0.15) is 0 Å². The Morgan fingerprint density at radius 3 is 2.60 bits per heavy atom. The third kappa shape index (κ3) is 3.34. The van der Waals surface area contributed by atoms with E-state index in [9.17, 15) is 13.2 Å². The lowest BCUT2D eigenvalue weighted by atomic mass is 10.2. The van der Waals surface area contributed by atoms with Crippen molar-refractivity contribution in [1.82, 2.24) is 4.31 Å². The van der Waals surface area contributed by atoms with E-state index >= 15 is 0 Å². The van der Waals surface area contributed by atoms with Crippen molar-refractivity contribution in [2.45, 2.75) is 26.2 Å². The second-order valence-corrected chi connectivity index (χ2v) is 6.34. The molecule has 88 valence electrons. The number of carbonyl (C=O) groups is 1. The monoisotopic (exact) mass is 253 g/mol. The molecule has 1 aliphatic rings. The zero-order chi connectivity index (χ0) is 11.5. The quantitative estimate of drug-likeness (QED) is 0.547. The van der Waals surface area contributed by atoms with Gasteiger partial charge in [0.15, 0.2) is 0 Å². The van der Waals surface area contributed by atoms with Gasteiger partial charge in [-0.25, -0.2) is 12.7 Å². The fourth-order valence-electron chi connectivity index (χ4n) is 1.61. The van der Waals surface area contributed by atoms with E-state index in [0.29, 0.717) is 31.7 Å². The van der Waals surface area contributed by atoms with Crippen LogP contribution >= 0.6 is 11.6 Å². The predicted octanol–water partition coefficient (Wildman–Crippen LogP) is 1.20. The van der Waals surface area contributed by atoms with E-state index < -0.39 is 10.0 Å². The van der Waals surface area contributed by atoms with E-state index in [1.807, 2.05) is 6.92 Å². The summed E-state index contributed by atoms with van der Waals surface area (Å²) in [5, 5.41) is 0. The third-order valence-corrected chi connectivity index (χ3v) is 4.50. The van der Waals surface area contributed by atoms with Gasteiger partial charge in [-0.3, -0.25) is 4.79 Å². The first-order valence-electron chi connectivity index (χ1n) is 5.06. The number of alkyl halides is 1. The Kier molecular flexibility index (Phi) is 4.40. The predicted molar refractivity (Wildman–Crippen MR) is 59.2 cm³/mol. The number of nitrogens with zero attached hydrogens (tertiary/aromatic N) is 1. The maximum atomic E-state index is 11.7. The summed E-state index contributed by atoms with van der Waals surface area (Å²) in [5.74, 6) is 0.353. The van der Waals surface area contributed by atoms with Crippen molar-refractivity contribution in [2.24, 2.45) is 5.92 Å². The molecule has 0 bridgehead atoms. The number of halogens is 1. The van der Waals surface area contributed by atoms with Crippen LogP contribution in [0.25, 0.3) is 0 Å². The molecule has 1 unspecified atom stereocenters. The molecule has 15 heavy (non-hydrogen) atoms. The van der Waals surface area contributed by atoms with Crippen LogP contribution in [0.1, 0.15) is 26.2 Å². The maximum absolute atomic E-state index is 11.7. The number of rotatable bonds is 5. The minimum absolute atomic E-state index is 0.0260. The van der Waals surface area contributed by atoms with E-state index in [4.69, 9.17) is 11.6 Å². The summed E-state index contributed by atoms with van der Waals surface area (Å²) >= 11 is 5.47. The lowest BCUT2D eigenvalue weighted by molar-refractivity contribution is -0.123. The van der Waals surface area contributed by atoms with Gasteiger partial charge in [0, 0.05) is 18.8 Å². The molecule has 0 radical (unpaired) electrons. The molecule has 1 atom stereocenters. The van der Waals surface area contributed by atoms with Crippen LogP contribution < -0.4 is 0 Å². The van der Waals surface area contributed by atoms with Crippen LogP contribution in [0.2, 0.25) is 0 Å². The molecular weight excluding hydrogens is 238 g/mol. The van der Waals surface area contributed by atoms with Crippen LogP contribution in [0.4, 0.5) is 0 Å². The third-order valence-electron chi connectivity index (χ3n) is 2.40. The van der Waals surface area contributed by atoms with Crippen LogP contribution in [0.5, 0.6) is 0 Å². The molecule has 1 aliphatic heterocycles. The number of amides is 1. The minimum Gasteiger partial charge on any atom is -0.274 e. The Balaban J connectivity index is 2.58. The average molecular weight is 254 g/mol. The van der Waals surface area contributed by atoms with Gasteiger partial charge in [-0.1, -0.05) is 6.92 Å². The molecule has 0 aromatic carbocycles. The molecule has 0 spiro atoms. The fraction of sp³-hybridized carbons (Fsp3) is 0.889. The Morgan fingerprint density at radius 2 is 2.13 bits per heavy atom. The fourth-order valence-corrected chi connectivity index (χ4v) is 3.45. The van der Waals surface area contributed by atoms with E-state index in [1.165, 1.54) is 0 Å². The lowest BCUT2D eigenvalue weighted by Crippen LogP contribution is -2.34. The standard InChI is InChI=1S/C9H16ClNO3S/c1-8-6-9(12)11(7-8)15(13,14)5-3-2-4-10/h8H,2-7H2,1H3. The van der Waals surface area contributed by atoms with Gasteiger partial charge in [-0.05, 0) is 18.8 Å². The Bertz CT molecular complexity index is 328. The molecule has 0 aromatic heterocycles. The Morgan fingerprint density at radius 1 is 1.47 bits per heavy atom. The van der Waals surface area contributed by atoms with Crippen molar-refractivity contribution in [3.8, 4) is 0 Å². The number of carbonyl (C=O) groups excluding carboxylic acids is 1. The molecule has 1 heterocycles. The van der Waals surface area contributed by atoms with Crippen LogP contribution in [0.3, 0.4) is 0 Å². The van der Waals surface area contributed by atoms with Crippen LogP contribution in [-0.4, -0.2) is 36.8 Å². The highest BCUT2D eigenvalue weighted by atomic mass is 35.5. The second kappa shape index (κ2) is 5.16. The largest absolute Gasteiger partial charge is 0.274 e. The summed E-state index contributed by atoms with van der Waals surface area (Å²) in [5.41, 5.74) is 0. The van der Waals surface area contributed by atoms with Crippen LogP contribution in [0, 0.1) is 5.92 Å². The van der Waals surface area contributed by atoms with Gasteiger partial charge in [-0.15, -0.1) is 11.6 Å². The highest BCUT2D eigenvalue weighted by Gasteiger charge is 2.34. The smallest absolute Gasteiger partial charge is 0.237 e. The van der Waals surface area contributed by atoms with Gasteiger partial charge in [0.2, 0.25) is 15.9 Å². The number of sulfonamides is 1.